The minimum atomic E-state index is 0.000685. The number of amides is 1. The Hall–Kier alpha value is -1.88. The van der Waals surface area contributed by atoms with E-state index in [1.165, 1.54) is 0 Å². The first kappa shape index (κ1) is 14.1. The summed E-state index contributed by atoms with van der Waals surface area (Å²) in [6.07, 6.45) is 4.69. The van der Waals surface area contributed by atoms with E-state index in [1.54, 1.807) is 0 Å². The molecule has 112 valence electrons. The van der Waals surface area contributed by atoms with Gasteiger partial charge in [-0.2, -0.15) is 0 Å². The van der Waals surface area contributed by atoms with Crippen LogP contribution in [-0.2, 0) is 0 Å². The molecule has 1 fully saturated rings. The summed E-state index contributed by atoms with van der Waals surface area (Å²) in [5, 5.41) is 9.07. The van der Waals surface area contributed by atoms with Crippen LogP contribution in [0.4, 0.5) is 0 Å². The maximum Gasteiger partial charge on any atom is 0.274 e. The van der Waals surface area contributed by atoms with Gasteiger partial charge in [0.05, 0.1) is 0 Å². The summed E-state index contributed by atoms with van der Waals surface area (Å²) in [5.41, 5.74) is 2.38. The molecule has 0 bridgehead atoms. The zero-order chi connectivity index (χ0) is 14.8. The minimum absolute atomic E-state index is 0.000685. The number of imidazole rings is 1. The molecule has 1 aliphatic heterocycles. The van der Waals surface area contributed by atoms with Gasteiger partial charge in [-0.05, 0) is 44.2 Å². The van der Waals surface area contributed by atoms with Gasteiger partial charge >= 0.3 is 0 Å². The molecular formula is C16H21N3O2. The molecule has 2 aromatic heterocycles. The van der Waals surface area contributed by atoms with Gasteiger partial charge in [-0.15, -0.1) is 0 Å². The highest BCUT2D eigenvalue weighted by molar-refractivity contribution is 5.93. The van der Waals surface area contributed by atoms with Crippen LogP contribution in [0.1, 0.15) is 35.4 Å². The third kappa shape index (κ3) is 2.78. The first-order valence-electron chi connectivity index (χ1n) is 7.54. The van der Waals surface area contributed by atoms with Gasteiger partial charge in [0.1, 0.15) is 11.3 Å². The highest BCUT2D eigenvalue weighted by Gasteiger charge is 2.25. The molecule has 1 atom stereocenters. The Balaban J connectivity index is 1.81. The second-order valence-electron chi connectivity index (χ2n) is 5.79. The normalized spacial score (nSPS) is 19.1. The van der Waals surface area contributed by atoms with Gasteiger partial charge < -0.3 is 14.4 Å². The predicted octanol–water partition coefficient (Wildman–Crippen LogP) is 1.88. The average molecular weight is 287 g/mol. The molecule has 0 aliphatic carbocycles. The Bertz CT molecular complexity index is 648. The van der Waals surface area contributed by atoms with Crippen LogP contribution in [0.15, 0.2) is 24.4 Å². The fourth-order valence-electron chi connectivity index (χ4n) is 3.08. The molecule has 3 heterocycles. The molecule has 3 rings (SSSR count). The summed E-state index contributed by atoms with van der Waals surface area (Å²) >= 11 is 0. The average Bonchev–Trinajstić information content (AvgIpc) is 2.93. The number of nitrogens with zero attached hydrogens (tertiary/aromatic N) is 3. The van der Waals surface area contributed by atoms with Crippen molar-refractivity contribution < 1.29 is 9.90 Å². The van der Waals surface area contributed by atoms with Crippen molar-refractivity contribution in [1.82, 2.24) is 14.3 Å². The summed E-state index contributed by atoms with van der Waals surface area (Å²) in [7, 11) is 0. The molecule has 5 heteroatoms. The summed E-state index contributed by atoms with van der Waals surface area (Å²) in [6, 6.07) is 5.86. The monoisotopic (exact) mass is 287 g/mol. The number of likely N-dealkylation sites (tertiary alicyclic amines) is 1. The quantitative estimate of drug-likeness (QED) is 0.937. The lowest BCUT2D eigenvalue weighted by molar-refractivity contribution is 0.0648. The smallest absolute Gasteiger partial charge is 0.274 e. The summed E-state index contributed by atoms with van der Waals surface area (Å²) in [4.78, 5) is 18.9. The minimum Gasteiger partial charge on any atom is -0.396 e. The van der Waals surface area contributed by atoms with E-state index in [2.05, 4.69) is 4.98 Å². The third-order valence-corrected chi connectivity index (χ3v) is 4.26. The molecule has 1 N–H and O–H groups in total. The maximum atomic E-state index is 12.6. The predicted molar refractivity (Wildman–Crippen MR) is 80.3 cm³/mol. The van der Waals surface area contributed by atoms with Crippen LogP contribution in [0.3, 0.4) is 0 Å². The highest BCUT2D eigenvalue weighted by atomic mass is 16.3. The van der Waals surface area contributed by atoms with Gasteiger partial charge in [0.15, 0.2) is 0 Å². The van der Waals surface area contributed by atoms with Crippen molar-refractivity contribution in [3.8, 4) is 0 Å². The SMILES string of the molecule is Cc1cccc2nc(C(=O)N3CCCC(CCO)C3)cn12. The molecule has 0 aromatic carbocycles. The van der Waals surface area contributed by atoms with E-state index in [0.717, 1.165) is 43.7 Å². The molecule has 0 spiro atoms. The fourth-order valence-corrected chi connectivity index (χ4v) is 3.08. The number of hydrogen-bond donors (Lipinski definition) is 1. The lowest BCUT2D eigenvalue weighted by Crippen LogP contribution is -2.40. The van der Waals surface area contributed by atoms with E-state index in [4.69, 9.17) is 5.11 Å². The molecule has 1 amide bonds. The van der Waals surface area contributed by atoms with E-state index in [1.807, 2.05) is 40.6 Å². The number of fused-ring (bicyclic) bond motifs is 1. The van der Waals surface area contributed by atoms with Crippen molar-refractivity contribution in [2.75, 3.05) is 19.7 Å². The molecule has 1 aliphatic rings. The van der Waals surface area contributed by atoms with Crippen molar-refractivity contribution in [2.45, 2.75) is 26.2 Å². The number of pyridine rings is 1. The third-order valence-electron chi connectivity index (χ3n) is 4.26. The Morgan fingerprint density at radius 1 is 1.48 bits per heavy atom. The van der Waals surface area contributed by atoms with Crippen molar-refractivity contribution in [3.63, 3.8) is 0 Å². The van der Waals surface area contributed by atoms with E-state index in [0.29, 0.717) is 11.6 Å². The van der Waals surface area contributed by atoms with Crippen LogP contribution in [0.25, 0.3) is 5.65 Å². The Morgan fingerprint density at radius 2 is 2.33 bits per heavy atom. The van der Waals surface area contributed by atoms with Gasteiger partial charge in [0.2, 0.25) is 0 Å². The molecule has 1 unspecified atom stereocenters. The van der Waals surface area contributed by atoms with E-state index in [-0.39, 0.29) is 12.5 Å². The number of piperidine rings is 1. The Labute approximate surface area is 124 Å². The van der Waals surface area contributed by atoms with Crippen LogP contribution in [0, 0.1) is 12.8 Å². The maximum absolute atomic E-state index is 12.6. The van der Waals surface area contributed by atoms with Gasteiger partial charge in [-0.3, -0.25) is 4.79 Å². The van der Waals surface area contributed by atoms with E-state index < -0.39 is 0 Å². The van der Waals surface area contributed by atoms with Gasteiger partial charge in [-0.1, -0.05) is 6.07 Å². The van der Waals surface area contributed by atoms with Crippen molar-refractivity contribution in [1.29, 1.82) is 0 Å². The fraction of sp³-hybridized carbons (Fsp3) is 0.500. The molecule has 1 saturated heterocycles. The highest BCUT2D eigenvalue weighted by Crippen LogP contribution is 2.21. The number of hydrogen-bond acceptors (Lipinski definition) is 3. The first-order valence-corrected chi connectivity index (χ1v) is 7.54. The van der Waals surface area contributed by atoms with Crippen LogP contribution < -0.4 is 0 Å². The summed E-state index contributed by atoms with van der Waals surface area (Å²) in [5.74, 6) is 0.409. The van der Waals surface area contributed by atoms with Gasteiger partial charge in [0.25, 0.3) is 5.91 Å². The molecule has 21 heavy (non-hydrogen) atoms. The largest absolute Gasteiger partial charge is 0.396 e. The number of aromatic nitrogens is 2. The van der Waals surface area contributed by atoms with Crippen LogP contribution in [-0.4, -0.2) is 45.0 Å². The van der Waals surface area contributed by atoms with Crippen LogP contribution in [0.5, 0.6) is 0 Å². The zero-order valence-corrected chi connectivity index (χ0v) is 12.3. The van der Waals surface area contributed by atoms with Crippen LogP contribution >= 0.6 is 0 Å². The molecule has 0 saturated carbocycles. The second-order valence-corrected chi connectivity index (χ2v) is 5.79. The molecule has 2 aromatic rings. The number of aliphatic hydroxyl groups is 1. The van der Waals surface area contributed by atoms with E-state index >= 15 is 0 Å². The number of rotatable bonds is 3. The second kappa shape index (κ2) is 5.85. The number of aliphatic hydroxyl groups excluding tert-OH is 1. The first-order chi connectivity index (χ1) is 10.2. The Kier molecular flexibility index (Phi) is 3.92. The Morgan fingerprint density at radius 3 is 3.10 bits per heavy atom. The van der Waals surface area contributed by atoms with Gasteiger partial charge in [-0.25, -0.2) is 4.98 Å². The van der Waals surface area contributed by atoms with Crippen LogP contribution in [0.2, 0.25) is 0 Å². The van der Waals surface area contributed by atoms with Crippen molar-refractivity contribution in [2.24, 2.45) is 5.92 Å². The van der Waals surface area contributed by atoms with Gasteiger partial charge in [0, 0.05) is 31.6 Å². The molecule has 0 radical (unpaired) electrons. The van der Waals surface area contributed by atoms with Crippen molar-refractivity contribution >= 4 is 11.6 Å². The zero-order valence-electron chi connectivity index (χ0n) is 12.3. The molecule has 5 nitrogen and oxygen atoms in total. The lowest BCUT2D eigenvalue weighted by atomic mass is 9.95. The number of carbonyl (C=O) groups is 1. The number of carbonyl (C=O) groups excluding carboxylic acids is 1. The van der Waals surface area contributed by atoms with Crippen molar-refractivity contribution in [3.05, 3.63) is 35.8 Å². The topological polar surface area (TPSA) is 57.8 Å². The summed E-state index contributed by atoms with van der Waals surface area (Å²) < 4.78 is 1.95. The summed E-state index contributed by atoms with van der Waals surface area (Å²) in [6.45, 7) is 3.71. The van der Waals surface area contributed by atoms with E-state index in [9.17, 15) is 4.79 Å². The lowest BCUT2D eigenvalue weighted by Gasteiger charge is -2.32. The standard InChI is InChI=1S/C16H21N3O2/c1-12-4-2-6-15-17-14(11-19(12)15)16(21)18-8-3-5-13(10-18)7-9-20/h2,4,6,11,13,20H,3,5,7-10H2,1H3. The number of aryl methyl sites for hydroxylation is 1. The molecular weight excluding hydrogens is 266 g/mol.